The standard InChI is InChI=1S/C19H24N6O3/c1-12-4-3-6-23(12)18(26)14-11-15-17(20-14)24(8-9-28-15)13-5-7-25-16(10-13)21-22(2)19(25)27/h5,7,10-12,16,20-21H,3-4,6,8-9H2,1-2H3. The Labute approximate surface area is 163 Å². The molecular weight excluding hydrogens is 360 g/mol. The average Bonchev–Trinajstić information content (AvgIpc) is 3.38. The van der Waals surface area contributed by atoms with Gasteiger partial charge in [-0.1, -0.05) is 0 Å². The second-order valence-corrected chi connectivity index (χ2v) is 7.62. The number of fused-ring (bicyclic) bond motifs is 2. The summed E-state index contributed by atoms with van der Waals surface area (Å²) < 4.78 is 5.80. The van der Waals surface area contributed by atoms with E-state index in [9.17, 15) is 9.59 Å². The van der Waals surface area contributed by atoms with E-state index in [0.717, 1.165) is 30.9 Å². The monoisotopic (exact) mass is 384 g/mol. The molecule has 0 saturated carbocycles. The van der Waals surface area contributed by atoms with Gasteiger partial charge in [0, 0.05) is 37.6 Å². The first-order valence-corrected chi connectivity index (χ1v) is 9.69. The molecule has 0 radical (unpaired) electrons. The maximum atomic E-state index is 12.9. The molecule has 9 heteroatoms. The minimum Gasteiger partial charge on any atom is -0.488 e. The van der Waals surface area contributed by atoms with Gasteiger partial charge in [-0.05, 0) is 31.9 Å². The second-order valence-electron chi connectivity index (χ2n) is 7.62. The van der Waals surface area contributed by atoms with E-state index in [-0.39, 0.29) is 24.1 Å². The van der Waals surface area contributed by atoms with Crippen molar-refractivity contribution in [2.24, 2.45) is 0 Å². The SMILES string of the molecule is CC1CCCN1C(=O)c1cc2c([nH]1)N(C1=CC3NN(C)C(=O)N3C=C1)CCO2. The maximum absolute atomic E-state index is 12.9. The number of carbonyl (C=O) groups excluding carboxylic acids is 2. The van der Waals surface area contributed by atoms with Crippen LogP contribution >= 0.6 is 0 Å². The number of urea groups is 1. The number of nitrogens with zero attached hydrogens (tertiary/aromatic N) is 4. The van der Waals surface area contributed by atoms with E-state index in [2.05, 4.69) is 22.2 Å². The molecule has 2 atom stereocenters. The molecule has 28 heavy (non-hydrogen) atoms. The summed E-state index contributed by atoms with van der Waals surface area (Å²) >= 11 is 0. The summed E-state index contributed by atoms with van der Waals surface area (Å²) in [5.41, 5.74) is 4.63. The molecule has 0 aromatic carbocycles. The van der Waals surface area contributed by atoms with Crippen molar-refractivity contribution in [3.05, 3.63) is 35.8 Å². The summed E-state index contributed by atoms with van der Waals surface area (Å²) in [5, 5.41) is 1.47. The van der Waals surface area contributed by atoms with Crippen LogP contribution in [0.2, 0.25) is 0 Å². The van der Waals surface area contributed by atoms with Crippen LogP contribution in [0.25, 0.3) is 0 Å². The first kappa shape index (κ1) is 17.2. The van der Waals surface area contributed by atoms with Gasteiger partial charge in [-0.25, -0.2) is 10.2 Å². The number of ether oxygens (including phenoxy) is 1. The first-order chi connectivity index (χ1) is 13.5. The van der Waals surface area contributed by atoms with Crippen LogP contribution in [-0.2, 0) is 0 Å². The number of anilines is 1. The number of amides is 3. The molecule has 4 aliphatic rings. The fraction of sp³-hybridized carbons (Fsp3) is 0.474. The van der Waals surface area contributed by atoms with Crippen molar-refractivity contribution < 1.29 is 14.3 Å². The summed E-state index contributed by atoms with van der Waals surface area (Å²) in [7, 11) is 1.71. The Balaban J connectivity index is 1.42. The number of allylic oxidation sites excluding steroid dienone is 1. The van der Waals surface area contributed by atoms with Gasteiger partial charge >= 0.3 is 6.03 Å². The van der Waals surface area contributed by atoms with Gasteiger partial charge in [0.25, 0.3) is 5.91 Å². The molecule has 5 heterocycles. The topological polar surface area (TPSA) is 84.2 Å². The molecular formula is C19H24N6O3. The number of carbonyl (C=O) groups is 2. The largest absolute Gasteiger partial charge is 0.488 e. The number of likely N-dealkylation sites (tertiary alicyclic amines) is 1. The number of hydrogen-bond acceptors (Lipinski definition) is 5. The number of hydrogen-bond donors (Lipinski definition) is 2. The van der Waals surface area contributed by atoms with Crippen LogP contribution in [0, 0.1) is 0 Å². The van der Waals surface area contributed by atoms with Crippen molar-refractivity contribution in [3.63, 3.8) is 0 Å². The lowest BCUT2D eigenvalue weighted by Gasteiger charge is -2.32. The quantitative estimate of drug-likeness (QED) is 0.806. The predicted octanol–water partition coefficient (Wildman–Crippen LogP) is 1.45. The van der Waals surface area contributed by atoms with Crippen LogP contribution in [0.4, 0.5) is 10.6 Å². The third kappa shape index (κ3) is 2.57. The zero-order valence-corrected chi connectivity index (χ0v) is 16.0. The Hall–Kier alpha value is -2.94. The molecule has 9 nitrogen and oxygen atoms in total. The Morgan fingerprint density at radius 3 is 2.96 bits per heavy atom. The third-order valence-electron chi connectivity index (χ3n) is 5.83. The zero-order valence-electron chi connectivity index (χ0n) is 16.0. The van der Waals surface area contributed by atoms with Gasteiger partial charge in [-0.3, -0.25) is 14.7 Å². The van der Waals surface area contributed by atoms with E-state index in [0.29, 0.717) is 24.6 Å². The van der Waals surface area contributed by atoms with Crippen molar-refractivity contribution in [1.29, 1.82) is 0 Å². The number of aromatic nitrogens is 1. The lowest BCUT2D eigenvalue weighted by Crippen LogP contribution is -2.38. The van der Waals surface area contributed by atoms with Gasteiger partial charge in [0.2, 0.25) is 0 Å². The van der Waals surface area contributed by atoms with Gasteiger partial charge in [-0.2, -0.15) is 0 Å². The molecule has 0 aliphatic carbocycles. The average molecular weight is 384 g/mol. The van der Waals surface area contributed by atoms with Crippen molar-refractivity contribution in [1.82, 2.24) is 25.2 Å². The van der Waals surface area contributed by atoms with Crippen molar-refractivity contribution in [2.45, 2.75) is 32.0 Å². The minimum absolute atomic E-state index is 0.0203. The summed E-state index contributed by atoms with van der Waals surface area (Å²) in [6, 6.07) is 1.98. The van der Waals surface area contributed by atoms with E-state index in [1.54, 1.807) is 24.2 Å². The third-order valence-corrected chi connectivity index (χ3v) is 5.83. The zero-order chi connectivity index (χ0) is 19.4. The van der Waals surface area contributed by atoms with Gasteiger partial charge in [0.15, 0.2) is 11.6 Å². The molecule has 2 N–H and O–H groups in total. The maximum Gasteiger partial charge on any atom is 0.339 e. The van der Waals surface area contributed by atoms with Gasteiger partial charge < -0.3 is 19.5 Å². The molecule has 3 amide bonds. The molecule has 1 aromatic heterocycles. The highest BCUT2D eigenvalue weighted by atomic mass is 16.5. The number of hydrazine groups is 1. The summed E-state index contributed by atoms with van der Waals surface area (Å²) in [6.07, 6.45) is 7.58. The highest BCUT2D eigenvalue weighted by Crippen LogP contribution is 2.36. The van der Waals surface area contributed by atoms with Crippen molar-refractivity contribution >= 4 is 17.8 Å². The van der Waals surface area contributed by atoms with E-state index in [1.807, 2.05) is 17.1 Å². The second kappa shape index (κ2) is 6.30. The minimum atomic E-state index is -0.217. The molecule has 2 fully saturated rings. The number of H-pyrrole nitrogens is 1. The Bertz CT molecular complexity index is 890. The summed E-state index contributed by atoms with van der Waals surface area (Å²) in [6.45, 7) is 4.08. The lowest BCUT2D eigenvalue weighted by atomic mass is 10.2. The summed E-state index contributed by atoms with van der Waals surface area (Å²) in [4.78, 5) is 33.9. The molecule has 0 bridgehead atoms. The first-order valence-electron chi connectivity index (χ1n) is 9.69. The fourth-order valence-corrected chi connectivity index (χ4v) is 4.29. The van der Waals surface area contributed by atoms with Gasteiger partial charge in [-0.15, -0.1) is 0 Å². The summed E-state index contributed by atoms with van der Waals surface area (Å²) in [5.74, 6) is 1.49. The number of aromatic amines is 1. The van der Waals surface area contributed by atoms with E-state index in [1.165, 1.54) is 5.01 Å². The molecule has 0 spiro atoms. The Kier molecular flexibility index (Phi) is 3.87. The Morgan fingerprint density at radius 2 is 2.18 bits per heavy atom. The fourth-order valence-electron chi connectivity index (χ4n) is 4.29. The van der Waals surface area contributed by atoms with E-state index >= 15 is 0 Å². The number of nitrogens with one attached hydrogen (secondary N) is 2. The van der Waals surface area contributed by atoms with E-state index in [4.69, 9.17) is 4.74 Å². The predicted molar refractivity (Wildman–Crippen MR) is 103 cm³/mol. The van der Waals surface area contributed by atoms with Crippen LogP contribution in [0.3, 0.4) is 0 Å². The smallest absolute Gasteiger partial charge is 0.339 e. The Morgan fingerprint density at radius 1 is 1.32 bits per heavy atom. The van der Waals surface area contributed by atoms with Crippen LogP contribution in [0.5, 0.6) is 5.75 Å². The normalized spacial score (nSPS) is 26.4. The van der Waals surface area contributed by atoms with Crippen LogP contribution < -0.4 is 15.1 Å². The highest BCUT2D eigenvalue weighted by Gasteiger charge is 2.36. The van der Waals surface area contributed by atoms with Crippen LogP contribution in [0.15, 0.2) is 30.1 Å². The van der Waals surface area contributed by atoms with Crippen molar-refractivity contribution in [3.8, 4) is 5.75 Å². The highest BCUT2D eigenvalue weighted by molar-refractivity contribution is 5.94. The molecule has 2 unspecified atom stereocenters. The molecule has 1 aromatic rings. The van der Waals surface area contributed by atoms with Gasteiger partial charge in [0.05, 0.1) is 6.54 Å². The van der Waals surface area contributed by atoms with Gasteiger partial charge in [0.1, 0.15) is 18.5 Å². The number of rotatable bonds is 2. The molecule has 4 aliphatic heterocycles. The van der Waals surface area contributed by atoms with Crippen LogP contribution in [-0.4, -0.2) is 70.7 Å². The lowest BCUT2D eigenvalue weighted by molar-refractivity contribution is 0.0742. The molecule has 148 valence electrons. The van der Waals surface area contributed by atoms with Crippen molar-refractivity contribution in [2.75, 3.05) is 31.6 Å². The molecule has 2 saturated heterocycles. The molecule has 5 rings (SSSR count). The van der Waals surface area contributed by atoms with Crippen LogP contribution in [0.1, 0.15) is 30.3 Å². The van der Waals surface area contributed by atoms with E-state index < -0.39 is 0 Å².